The molecule has 6 rings (SSSR count). The van der Waals surface area contributed by atoms with Gasteiger partial charge in [-0.1, -0.05) is 29.3 Å². The van der Waals surface area contributed by atoms with Crippen LogP contribution in [0.1, 0.15) is 40.7 Å². The van der Waals surface area contributed by atoms with Gasteiger partial charge in [0, 0.05) is 36.7 Å². The number of aromatic nitrogens is 3. The van der Waals surface area contributed by atoms with Gasteiger partial charge in [0.1, 0.15) is 5.82 Å². The predicted octanol–water partition coefficient (Wildman–Crippen LogP) is 4.91. The van der Waals surface area contributed by atoms with Gasteiger partial charge in [0.2, 0.25) is 0 Å². The quantitative estimate of drug-likeness (QED) is 0.615. The number of piperidine rings is 2. The van der Waals surface area contributed by atoms with E-state index in [4.69, 9.17) is 11.6 Å². The van der Waals surface area contributed by atoms with E-state index >= 15 is 0 Å². The summed E-state index contributed by atoms with van der Waals surface area (Å²) in [5.74, 6) is 1.77. The van der Waals surface area contributed by atoms with Crippen molar-refractivity contribution in [3.63, 3.8) is 0 Å². The number of nitrogens with one attached hydrogen (secondary N) is 1. The van der Waals surface area contributed by atoms with Gasteiger partial charge in [-0.15, -0.1) is 0 Å². The summed E-state index contributed by atoms with van der Waals surface area (Å²) < 4.78 is 0. The first-order valence-corrected chi connectivity index (χ1v) is 11.4. The van der Waals surface area contributed by atoms with Gasteiger partial charge in [0.15, 0.2) is 5.82 Å². The van der Waals surface area contributed by atoms with Crippen LogP contribution in [0.2, 0.25) is 5.02 Å². The molecule has 32 heavy (non-hydrogen) atoms. The Hall–Kier alpha value is -2.99. The van der Waals surface area contributed by atoms with Crippen molar-refractivity contribution in [3.05, 3.63) is 70.6 Å². The topological polar surface area (TPSA) is 71.0 Å². The number of amides is 1. The van der Waals surface area contributed by atoms with Crippen molar-refractivity contribution in [3.8, 4) is 11.4 Å². The number of halogens is 1. The van der Waals surface area contributed by atoms with Crippen LogP contribution < -0.4 is 5.32 Å². The Bertz CT molecular complexity index is 1150. The first-order chi connectivity index (χ1) is 15.5. The first kappa shape index (κ1) is 20.9. The van der Waals surface area contributed by atoms with Crippen LogP contribution in [-0.2, 0) is 0 Å². The summed E-state index contributed by atoms with van der Waals surface area (Å²) in [7, 11) is 0. The third-order valence-corrected chi connectivity index (χ3v) is 6.84. The summed E-state index contributed by atoms with van der Waals surface area (Å²) >= 11 is 6.43. The van der Waals surface area contributed by atoms with E-state index in [1.807, 2.05) is 49.2 Å². The summed E-state index contributed by atoms with van der Waals surface area (Å²) in [4.78, 5) is 29.1. The van der Waals surface area contributed by atoms with Crippen LogP contribution in [0.5, 0.6) is 0 Å². The van der Waals surface area contributed by atoms with Gasteiger partial charge >= 0.3 is 0 Å². The molecule has 1 aromatic carbocycles. The highest BCUT2D eigenvalue weighted by atomic mass is 35.5. The lowest BCUT2D eigenvalue weighted by atomic mass is 9.76. The minimum Gasteiger partial charge on any atom is -0.364 e. The summed E-state index contributed by atoms with van der Waals surface area (Å²) in [6, 6.07) is 9.82. The molecule has 3 unspecified atom stereocenters. The molecule has 7 heteroatoms. The van der Waals surface area contributed by atoms with E-state index in [0.29, 0.717) is 28.1 Å². The second kappa shape index (κ2) is 8.51. The van der Waals surface area contributed by atoms with Crippen LogP contribution in [0.25, 0.3) is 11.4 Å². The van der Waals surface area contributed by atoms with Crippen molar-refractivity contribution in [1.82, 2.24) is 19.9 Å². The number of fused-ring (bicyclic) bond motifs is 3. The van der Waals surface area contributed by atoms with Crippen LogP contribution in [0.15, 0.2) is 48.9 Å². The van der Waals surface area contributed by atoms with E-state index in [0.717, 1.165) is 42.5 Å². The molecule has 164 valence electrons. The maximum Gasteiger partial charge on any atom is 0.254 e. The third kappa shape index (κ3) is 3.95. The fraction of sp³-hybridized carbons (Fsp3) is 0.360. The lowest BCUT2D eigenvalue weighted by Gasteiger charge is -2.50. The molecule has 3 aliphatic rings. The summed E-state index contributed by atoms with van der Waals surface area (Å²) in [6.07, 6.45) is 8.36. The van der Waals surface area contributed by atoms with Crippen LogP contribution in [0.3, 0.4) is 0 Å². The molecule has 3 aromatic rings. The number of aryl methyl sites for hydroxylation is 2. The van der Waals surface area contributed by atoms with Crippen molar-refractivity contribution in [2.45, 2.75) is 45.2 Å². The number of carbonyl (C=O) groups excluding carboxylic acids is 1. The van der Waals surface area contributed by atoms with Crippen molar-refractivity contribution >= 4 is 23.3 Å². The summed E-state index contributed by atoms with van der Waals surface area (Å²) in [5, 5.41) is 4.16. The third-order valence-electron chi connectivity index (χ3n) is 6.55. The van der Waals surface area contributed by atoms with Crippen LogP contribution >= 0.6 is 11.6 Å². The zero-order valence-electron chi connectivity index (χ0n) is 18.3. The van der Waals surface area contributed by atoms with Crippen molar-refractivity contribution < 1.29 is 4.79 Å². The number of carbonyl (C=O) groups is 1. The first-order valence-electron chi connectivity index (χ1n) is 11.1. The SMILES string of the molecule is Cc1cnc(NC2CC3CCC2N(C(=O)c2cc(C)ccc2-c2ncccn2)C3)c(Cl)c1. The highest BCUT2D eigenvalue weighted by molar-refractivity contribution is 6.33. The minimum absolute atomic E-state index is 0.0420. The molecule has 1 N–H and O–H groups in total. The van der Waals surface area contributed by atoms with Crippen molar-refractivity contribution in [1.29, 1.82) is 0 Å². The van der Waals surface area contributed by atoms with E-state index in [2.05, 4.69) is 20.3 Å². The highest BCUT2D eigenvalue weighted by Gasteiger charge is 2.43. The van der Waals surface area contributed by atoms with Crippen LogP contribution in [0, 0.1) is 19.8 Å². The monoisotopic (exact) mass is 447 g/mol. The van der Waals surface area contributed by atoms with Crippen LogP contribution in [-0.4, -0.2) is 44.4 Å². The van der Waals surface area contributed by atoms with Gasteiger partial charge in [-0.2, -0.15) is 0 Å². The molecular weight excluding hydrogens is 422 g/mol. The van der Waals surface area contributed by atoms with Gasteiger partial charge in [0.25, 0.3) is 5.91 Å². The molecule has 2 bridgehead atoms. The Morgan fingerprint density at radius 1 is 1.09 bits per heavy atom. The maximum atomic E-state index is 13.8. The zero-order valence-corrected chi connectivity index (χ0v) is 19.0. The smallest absolute Gasteiger partial charge is 0.254 e. The Balaban J connectivity index is 1.45. The van der Waals surface area contributed by atoms with Crippen molar-refractivity contribution in [2.75, 3.05) is 11.9 Å². The Kier molecular flexibility index (Phi) is 5.55. The Labute approximate surface area is 193 Å². The second-order valence-electron chi connectivity index (χ2n) is 8.92. The highest BCUT2D eigenvalue weighted by Crippen LogP contribution is 2.39. The van der Waals surface area contributed by atoms with Gasteiger partial charge in [-0.3, -0.25) is 4.79 Å². The summed E-state index contributed by atoms with van der Waals surface area (Å²) in [5.41, 5.74) is 3.50. The molecule has 0 spiro atoms. The fourth-order valence-electron chi connectivity index (χ4n) is 5.02. The maximum absolute atomic E-state index is 13.8. The predicted molar refractivity (Wildman–Crippen MR) is 126 cm³/mol. The Morgan fingerprint density at radius 3 is 2.66 bits per heavy atom. The summed E-state index contributed by atoms with van der Waals surface area (Å²) in [6.45, 7) is 4.76. The largest absolute Gasteiger partial charge is 0.364 e. The van der Waals surface area contributed by atoms with Crippen molar-refractivity contribution in [2.24, 2.45) is 5.92 Å². The minimum atomic E-state index is 0.0420. The number of hydrogen-bond donors (Lipinski definition) is 1. The van der Waals surface area contributed by atoms with Gasteiger partial charge in [0.05, 0.1) is 16.6 Å². The van der Waals surface area contributed by atoms with E-state index < -0.39 is 0 Å². The molecule has 4 heterocycles. The van der Waals surface area contributed by atoms with E-state index in [1.165, 1.54) is 0 Å². The van der Waals surface area contributed by atoms with Crippen LogP contribution in [0.4, 0.5) is 5.82 Å². The molecule has 2 aliphatic heterocycles. The average molecular weight is 448 g/mol. The van der Waals surface area contributed by atoms with Gasteiger partial charge in [-0.05, 0) is 62.8 Å². The number of hydrogen-bond acceptors (Lipinski definition) is 5. The number of anilines is 1. The molecule has 3 atom stereocenters. The molecule has 2 saturated heterocycles. The number of nitrogens with zero attached hydrogens (tertiary/aromatic N) is 4. The lowest BCUT2D eigenvalue weighted by Crippen LogP contribution is -2.59. The van der Waals surface area contributed by atoms with Gasteiger partial charge in [-0.25, -0.2) is 15.0 Å². The molecule has 6 nitrogen and oxygen atoms in total. The Morgan fingerprint density at radius 2 is 1.91 bits per heavy atom. The molecule has 1 saturated carbocycles. The molecule has 2 aromatic heterocycles. The van der Waals surface area contributed by atoms with E-state index in [-0.39, 0.29) is 18.0 Å². The lowest BCUT2D eigenvalue weighted by molar-refractivity contribution is 0.0282. The zero-order chi connectivity index (χ0) is 22.2. The molecular formula is C25H26ClN5O. The number of pyridine rings is 1. The molecule has 1 amide bonds. The number of benzene rings is 1. The standard InChI is InChI=1S/C25H26ClN5O/c1-15-4-6-18(23-27-8-3-9-28-23)19(10-15)25(32)31-14-17-5-7-22(31)21(12-17)30-24-20(26)11-16(2)13-29-24/h3-4,6,8-11,13,17,21-22H,5,7,12,14H2,1-2H3,(H,29,30). The average Bonchev–Trinajstić information content (AvgIpc) is 2.81. The van der Waals surface area contributed by atoms with E-state index in [9.17, 15) is 4.79 Å². The molecule has 0 radical (unpaired) electrons. The number of rotatable bonds is 4. The van der Waals surface area contributed by atoms with Gasteiger partial charge < -0.3 is 10.2 Å². The second-order valence-corrected chi connectivity index (χ2v) is 9.33. The molecule has 3 fully saturated rings. The molecule has 1 aliphatic carbocycles. The fourth-order valence-corrected chi connectivity index (χ4v) is 5.30. The normalized spacial score (nSPS) is 22.1. The van der Waals surface area contributed by atoms with E-state index in [1.54, 1.807) is 18.5 Å².